The maximum absolute atomic E-state index is 13.1. The molecule has 1 saturated heterocycles. The SMILES string of the molecule is Cc1ccccc1C(=O)NC1CCN(S(=O)(=O)c2ccc3[nH]c(=O)[nH]c(=O)c3c2)CC1. The Morgan fingerprint density at radius 1 is 1.06 bits per heavy atom. The zero-order valence-electron chi connectivity index (χ0n) is 16.8. The number of hydrogen-bond donors (Lipinski definition) is 3. The van der Waals surface area contributed by atoms with Crippen LogP contribution in [0.3, 0.4) is 0 Å². The first-order valence-corrected chi connectivity index (χ1v) is 11.3. The minimum atomic E-state index is -3.82. The number of amides is 1. The first kappa shape index (κ1) is 21.0. The molecule has 9 nitrogen and oxygen atoms in total. The van der Waals surface area contributed by atoms with Gasteiger partial charge in [-0.3, -0.25) is 14.6 Å². The van der Waals surface area contributed by atoms with Crippen LogP contribution >= 0.6 is 0 Å². The number of carbonyl (C=O) groups is 1. The van der Waals surface area contributed by atoms with Crippen LogP contribution in [0.2, 0.25) is 0 Å². The van der Waals surface area contributed by atoms with Crippen LogP contribution in [-0.2, 0) is 10.0 Å². The molecular weight excluding hydrogens is 420 g/mol. The first-order valence-electron chi connectivity index (χ1n) is 9.89. The third-order valence-electron chi connectivity index (χ3n) is 5.53. The second-order valence-electron chi connectivity index (χ2n) is 7.58. The van der Waals surface area contributed by atoms with Crippen LogP contribution in [-0.4, -0.2) is 47.7 Å². The minimum Gasteiger partial charge on any atom is -0.349 e. The van der Waals surface area contributed by atoms with E-state index in [2.05, 4.69) is 15.3 Å². The highest BCUT2D eigenvalue weighted by Crippen LogP contribution is 2.23. The molecule has 4 rings (SSSR count). The normalized spacial score (nSPS) is 15.8. The van der Waals surface area contributed by atoms with Crippen molar-refractivity contribution in [2.45, 2.75) is 30.7 Å². The van der Waals surface area contributed by atoms with Crippen molar-refractivity contribution in [1.82, 2.24) is 19.6 Å². The van der Waals surface area contributed by atoms with Crippen molar-refractivity contribution in [2.24, 2.45) is 0 Å². The van der Waals surface area contributed by atoms with E-state index < -0.39 is 21.3 Å². The minimum absolute atomic E-state index is 0.0139. The number of aromatic amines is 2. The van der Waals surface area contributed by atoms with E-state index in [1.165, 1.54) is 22.5 Å². The summed E-state index contributed by atoms with van der Waals surface area (Å²) < 4.78 is 27.5. The summed E-state index contributed by atoms with van der Waals surface area (Å²) in [6.45, 7) is 2.37. The number of sulfonamides is 1. The quantitative estimate of drug-likeness (QED) is 0.557. The van der Waals surface area contributed by atoms with Crippen LogP contribution in [0, 0.1) is 6.92 Å². The van der Waals surface area contributed by atoms with Crippen LogP contribution in [0.1, 0.15) is 28.8 Å². The Morgan fingerprint density at radius 3 is 2.48 bits per heavy atom. The van der Waals surface area contributed by atoms with E-state index in [4.69, 9.17) is 0 Å². The molecule has 0 unspecified atom stereocenters. The Balaban J connectivity index is 1.47. The molecule has 2 heterocycles. The van der Waals surface area contributed by atoms with Gasteiger partial charge < -0.3 is 10.3 Å². The fourth-order valence-corrected chi connectivity index (χ4v) is 5.28. The van der Waals surface area contributed by atoms with Gasteiger partial charge in [-0.25, -0.2) is 13.2 Å². The highest BCUT2D eigenvalue weighted by atomic mass is 32.2. The zero-order chi connectivity index (χ0) is 22.2. The summed E-state index contributed by atoms with van der Waals surface area (Å²) in [5, 5.41) is 3.08. The summed E-state index contributed by atoms with van der Waals surface area (Å²) >= 11 is 0. The van der Waals surface area contributed by atoms with Crippen molar-refractivity contribution < 1.29 is 13.2 Å². The first-order chi connectivity index (χ1) is 14.8. The van der Waals surface area contributed by atoms with Gasteiger partial charge >= 0.3 is 5.69 Å². The van der Waals surface area contributed by atoms with E-state index in [1.54, 1.807) is 12.1 Å². The van der Waals surface area contributed by atoms with Gasteiger partial charge in [0.1, 0.15) is 0 Å². The van der Waals surface area contributed by atoms with Gasteiger partial charge in [0, 0.05) is 24.7 Å². The molecule has 162 valence electrons. The molecule has 1 amide bonds. The van der Waals surface area contributed by atoms with Crippen LogP contribution in [0.25, 0.3) is 10.9 Å². The largest absolute Gasteiger partial charge is 0.349 e. The highest BCUT2D eigenvalue weighted by Gasteiger charge is 2.30. The van der Waals surface area contributed by atoms with Crippen molar-refractivity contribution in [3.05, 3.63) is 74.4 Å². The zero-order valence-corrected chi connectivity index (χ0v) is 17.7. The Kier molecular flexibility index (Phi) is 5.50. The maximum atomic E-state index is 13.1. The Bertz CT molecular complexity index is 1370. The summed E-state index contributed by atoms with van der Waals surface area (Å²) in [6.07, 6.45) is 0.969. The Labute approximate surface area is 178 Å². The summed E-state index contributed by atoms with van der Waals surface area (Å²) in [6, 6.07) is 11.2. The third-order valence-corrected chi connectivity index (χ3v) is 7.42. The molecule has 1 aliphatic heterocycles. The molecule has 0 atom stereocenters. The smallest absolute Gasteiger partial charge is 0.326 e. The van der Waals surface area contributed by atoms with E-state index in [0.717, 1.165) is 5.56 Å². The number of rotatable bonds is 4. The van der Waals surface area contributed by atoms with Crippen molar-refractivity contribution in [3.63, 3.8) is 0 Å². The van der Waals surface area contributed by atoms with Crippen LogP contribution in [0.15, 0.2) is 56.9 Å². The number of fused-ring (bicyclic) bond motifs is 1. The molecule has 0 radical (unpaired) electrons. The number of H-pyrrole nitrogens is 2. The molecule has 31 heavy (non-hydrogen) atoms. The van der Waals surface area contributed by atoms with Gasteiger partial charge in [-0.1, -0.05) is 18.2 Å². The lowest BCUT2D eigenvalue weighted by Gasteiger charge is -2.31. The molecule has 10 heteroatoms. The number of hydrogen-bond acceptors (Lipinski definition) is 5. The third kappa shape index (κ3) is 4.17. The van der Waals surface area contributed by atoms with E-state index in [9.17, 15) is 22.8 Å². The van der Waals surface area contributed by atoms with Gasteiger partial charge in [0.2, 0.25) is 10.0 Å². The molecule has 1 aromatic heterocycles. The van der Waals surface area contributed by atoms with E-state index >= 15 is 0 Å². The molecule has 2 aromatic carbocycles. The summed E-state index contributed by atoms with van der Waals surface area (Å²) in [4.78, 5) is 40.5. The van der Waals surface area contributed by atoms with E-state index in [1.807, 2.05) is 19.1 Å². The van der Waals surface area contributed by atoms with Crippen molar-refractivity contribution >= 4 is 26.8 Å². The highest BCUT2D eigenvalue weighted by molar-refractivity contribution is 7.89. The summed E-state index contributed by atoms with van der Waals surface area (Å²) in [5.41, 5.74) is 0.464. The molecular formula is C21H22N4O5S. The number of aromatic nitrogens is 2. The number of benzene rings is 2. The van der Waals surface area contributed by atoms with Gasteiger partial charge in [0.15, 0.2) is 0 Å². The van der Waals surface area contributed by atoms with Gasteiger partial charge in [-0.2, -0.15) is 4.31 Å². The van der Waals surface area contributed by atoms with Gasteiger partial charge in [0.25, 0.3) is 11.5 Å². The lowest BCUT2D eigenvalue weighted by Crippen LogP contribution is -2.46. The molecule has 0 bridgehead atoms. The predicted molar refractivity (Wildman–Crippen MR) is 116 cm³/mol. The topological polar surface area (TPSA) is 132 Å². The number of piperidine rings is 1. The Morgan fingerprint density at radius 2 is 1.77 bits per heavy atom. The molecule has 1 aliphatic rings. The second-order valence-corrected chi connectivity index (χ2v) is 9.52. The van der Waals surface area contributed by atoms with Gasteiger partial charge in [-0.05, 0) is 49.6 Å². The molecule has 0 aliphatic carbocycles. The number of carbonyl (C=O) groups excluding carboxylic acids is 1. The molecule has 3 N–H and O–H groups in total. The molecule has 1 fully saturated rings. The van der Waals surface area contributed by atoms with Crippen LogP contribution in [0.5, 0.6) is 0 Å². The standard InChI is InChI=1S/C21H22N4O5S/c1-13-4-2-3-5-16(13)19(26)22-14-8-10-25(11-9-14)31(29,30)15-6-7-18-17(12-15)20(27)24-21(28)23-18/h2-7,12,14H,8-11H2,1H3,(H,22,26)(H2,23,24,27,28). The second kappa shape index (κ2) is 8.12. The average Bonchev–Trinajstić information content (AvgIpc) is 2.74. The Hall–Kier alpha value is -3.24. The lowest BCUT2D eigenvalue weighted by atomic mass is 10.0. The van der Waals surface area contributed by atoms with E-state index in [-0.39, 0.29) is 40.8 Å². The molecule has 0 saturated carbocycles. The average molecular weight is 442 g/mol. The summed E-state index contributed by atoms with van der Waals surface area (Å²) in [5.74, 6) is -0.165. The number of nitrogens with zero attached hydrogens (tertiary/aromatic N) is 1. The maximum Gasteiger partial charge on any atom is 0.326 e. The number of nitrogens with one attached hydrogen (secondary N) is 3. The predicted octanol–water partition coefficient (Wildman–Crippen LogP) is 1.11. The number of aryl methyl sites for hydroxylation is 1. The summed E-state index contributed by atoms with van der Waals surface area (Å²) in [7, 11) is -3.82. The van der Waals surface area contributed by atoms with Crippen molar-refractivity contribution in [3.8, 4) is 0 Å². The molecule has 0 spiro atoms. The monoisotopic (exact) mass is 442 g/mol. The van der Waals surface area contributed by atoms with Crippen LogP contribution < -0.4 is 16.6 Å². The molecule has 3 aromatic rings. The van der Waals surface area contributed by atoms with Crippen molar-refractivity contribution in [2.75, 3.05) is 13.1 Å². The van der Waals surface area contributed by atoms with E-state index in [0.29, 0.717) is 18.4 Å². The lowest BCUT2D eigenvalue weighted by molar-refractivity contribution is 0.0923. The fourth-order valence-electron chi connectivity index (χ4n) is 3.79. The van der Waals surface area contributed by atoms with Crippen LogP contribution in [0.4, 0.5) is 0 Å². The van der Waals surface area contributed by atoms with Gasteiger partial charge in [-0.15, -0.1) is 0 Å². The van der Waals surface area contributed by atoms with Gasteiger partial charge in [0.05, 0.1) is 15.8 Å². The van der Waals surface area contributed by atoms with Crippen molar-refractivity contribution in [1.29, 1.82) is 0 Å². The fraction of sp³-hybridized carbons (Fsp3) is 0.286.